The molecule has 0 heterocycles. The van der Waals surface area contributed by atoms with E-state index in [4.69, 9.17) is 15.2 Å². The van der Waals surface area contributed by atoms with Gasteiger partial charge in [0.2, 0.25) is 0 Å². The molecular formula is C17H21NO2. The molecule has 0 radical (unpaired) electrons. The van der Waals surface area contributed by atoms with Crippen LogP contribution in [0.4, 0.5) is 0 Å². The Morgan fingerprint density at radius 3 is 2.25 bits per heavy atom. The molecule has 0 atom stereocenters. The average molecular weight is 271 g/mol. The SMILES string of the molecule is NCc1ccc(OCCCOCc2ccccc2)cc1. The van der Waals surface area contributed by atoms with Crippen LogP contribution < -0.4 is 10.5 Å². The summed E-state index contributed by atoms with van der Waals surface area (Å²) in [6, 6.07) is 18.1. The summed E-state index contributed by atoms with van der Waals surface area (Å²) in [6.07, 6.45) is 0.880. The Kier molecular flexibility index (Phi) is 6.08. The standard InChI is InChI=1S/C17H21NO2/c18-13-15-7-9-17(10-8-15)20-12-4-11-19-14-16-5-2-1-3-6-16/h1-3,5-10H,4,11-14,18H2. The highest BCUT2D eigenvalue weighted by Crippen LogP contribution is 2.12. The quantitative estimate of drug-likeness (QED) is 0.750. The fraction of sp³-hybridized carbons (Fsp3) is 0.294. The van der Waals surface area contributed by atoms with Crippen molar-refractivity contribution in [2.24, 2.45) is 5.73 Å². The van der Waals surface area contributed by atoms with E-state index in [0.717, 1.165) is 17.7 Å². The Balaban J connectivity index is 1.57. The fourth-order valence-corrected chi connectivity index (χ4v) is 1.84. The fourth-order valence-electron chi connectivity index (χ4n) is 1.84. The Morgan fingerprint density at radius 2 is 1.55 bits per heavy atom. The molecule has 0 bridgehead atoms. The first-order valence-electron chi connectivity index (χ1n) is 6.92. The second kappa shape index (κ2) is 8.35. The Morgan fingerprint density at radius 1 is 0.800 bits per heavy atom. The van der Waals surface area contributed by atoms with Crippen molar-refractivity contribution in [1.29, 1.82) is 0 Å². The molecule has 2 N–H and O–H groups in total. The molecule has 0 saturated heterocycles. The molecule has 2 aromatic carbocycles. The van der Waals surface area contributed by atoms with Crippen LogP contribution in [0.5, 0.6) is 5.75 Å². The van der Waals surface area contributed by atoms with Gasteiger partial charge in [-0.2, -0.15) is 0 Å². The molecule has 0 amide bonds. The van der Waals surface area contributed by atoms with Gasteiger partial charge in [-0.1, -0.05) is 42.5 Å². The monoisotopic (exact) mass is 271 g/mol. The third kappa shape index (κ3) is 5.03. The highest BCUT2D eigenvalue weighted by atomic mass is 16.5. The predicted molar refractivity (Wildman–Crippen MR) is 80.5 cm³/mol. The molecule has 106 valence electrons. The Bertz CT molecular complexity index is 482. The minimum absolute atomic E-state index is 0.563. The maximum atomic E-state index is 5.64. The van der Waals surface area contributed by atoms with Gasteiger partial charge in [0, 0.05) is 13.0 Å². The molecule has 0 spiro atoms. The van der Waals surface area contributed by atoms with E-state index < -0.39 is 0 Å². The Labute approximate surface area is 120 Å². The third-order valence-corrected chi connectivity index (χ3v) is 2.97. The summed E-state index contributed by atoms with van der Waals surface area (Å²) in [7, 11) is 0. The minimum atomic E-state index is 0.563. The van der Waals surface area contributed by atoms with E-state index in [1.54, 1.807) is 0 Å². The molecule has 3 heteroatoms. The lowest BCUT2D eigenvalue weighted by Crippen LogP contribution is -2.03. The van der Waals surface area contributed by atoms with Gasteiger partial charge in [-0.25, -0.2) is 0 Å². The van der Waals surface area contributed by atoms with E-state index in [9.17, 15) is 0 Å². The van der Waals surface area contributed by atoms with Gasteiger partial charge in [0.25, 0.3) is 0 Å². The van der Waals surface area contributed by atoms with Crippen molar-refractivity contribution in [2.45, 2.75) is 19.6 Å². The number of nitrogens with two attached hydrogens (primary N) is 1. The summed E-state index contributed by atoms with van der Waals surface area (Å²) in [5.74, 6) is 0.880. The van der Waals surface area contributed by atoms with E-state index in [1.165, 1.54) is 5.56 Å². The van der Waals surface area contributed by atoms with Crippen molar-refractivity contribution >= 4 is 0 Å². The van der Waals surface area contributed by atoms with Crippen molar-refractivity contribution < 1.29 is 9.47 Å². The number of benzene rings is 2. The van der Waals surface area contributed by atoms with Crippen molar-refractivity contribution in [3.8, 4) is 5.75 Å². The first kappa shape index (κ1) is 14.6. The molecule has 0 aromatic heterocycles. The molecule has 20 heavy (non-hydrogen) atoms. The van der Waals surface area contributed by atoms with Crippen LogP contribution in [0.3, 0.4) is 0 Å². The molecule has 0 fully saturated rings. The van der Waals surface area contributed by atoms with Gasteiger partial charge in [0.05, 0.1) is 19.8 Å². The van der Waals surface area contributed by atoms with Crippen LogP contribution in [0.15, 0.2) is 54.6 Å². The lowest BCUT2D eigenvalue weighted by molar-refractivity contribution is 0.107. The van der Waals surface area contributed by atoms with E-state index in [1.807, 2.05) is 42.5 Å². The summed E-state index contributed by atoms with van der Waals surface area (Å²) < 4.78 is 11.2. The van der Waals surface area contributed by atoms with Gasteiger partial charge >= 0.3 is 0 Å². The van der Waals surface area contributed by atoms with Crippen LogP contribution in [-0.2, 0) is 17.9 Å². The van der Waals surface area contributed by atoms with Crippen molar-refractivity contribution in [1.82, 2.24) is 0 Å². The van der Waals surface area contributed by atoms with Gasteiger partial charge in [-0.3, -0.25) is 0 Å². The maximum Gasteiger partial charge on any atom is 0.119 e. The zero-order valence-corrected chi connectivity index (χ0v) is 11.6. The molecule has 2 rings (SSSR count). The third-order valence-electron chi connectivity index (χ3n) is 2.97. The summed E-state index contributed by atoms with van der Waals surface area (Å²) in [5, 5.41) is 0. The van der Waals surface area contributed by atoms with E-state index in [0.29, 0.717) is 26.4 Å². The Hall–Kier alpha value is -1.84. The first-order chi connectivity index (χ1) is 9.88. The van der Waals surface area contributed by atoms with Gasteiger partial charge in [0.1, 0.15) is 5.75 Å². The summed E-state index contributed by atoms with van der Waals surface area (Å²) in [6.45, 7) is 2.59. The van der Waals surface area contributed by atoms with Crippen molar-refractivity contribution in [2.75, 3.05) is 13.2 Å². The molecular weight excluding hydrogens is 250 g/mol. The second-order valence-electron chi connectivity index (χ2n) is 4.59. The van der Waals surface area contributed by atoms with Crippen molar-refractivity contribution in [3.05, 3.63) is 65.7 Å². The van der Waals surface area contributed by atoms with Crippen LogP contribution in [0.25, 0.3) is 0 Å². The minimum Gasteiger partial charge on any atom is -0.494 e. The van der Waals surface area contributed by atoms with Crippen LogP contribution in [0.1, 0.15) is 17.5 Å². The molecule has 0 unspecified atom stereocenters. The van der Waals surface area contributed by atoms with Gasteiger partial charge < -0.3 is 15.2 Å². The first-order valence-corrected chi connectivity index (χ1v) is 6.92. The summed E-state index contributed by atoms with van der Waals surface area (Å²) in [5.41, 5.74) is 7.86. The number of hydrogen-bond donors (Lipinski definition) is 1. The topological polar surface area (TPSA) is 44.5 Å². The van der Waals surface area contributed by atoms with Crippen molar-refractivity contribution in [3.63, 3.8) is 0 Å². The van der Waals surface area contributed by atoms with E-state index in [2.05, 4.69) is 12.1 Å². The van der Waals surface area contributed by atoms with E-state index >= 15 is 0 Å². The van der Waals surface area contributed by atoms with Gasteiger partial charge in [-0.05, 0) is 23.3 Å². The van der Waals surface area contributed by atoms with Crippen LogP contribution in [0, 0.1) is 0 Å². The molecule has 0 aliphatic rings. The zero-order valence-electron chi connectivity index (χ0n) is 11.6. The second-order valence-corrected chi connectivity index (χ2v) is 4.59. The largest absolute Gasteiger partial charge is 0.494 e. The molecule has 3 nitrogen and oxygen atoms in total. The number of ether oxygens (including phenoxy) is 2. The van der Waals surface area contributed by atoms with Crippen LogP contribution in [-0.4, -0.2) is 13.2 Å². The highest BCUT2D eigenvalue weighted by Gasteiger charge is 1.96. The normalized spacial score (nSPS) is 10.4. The number of rotatable bonds is 8. The molecule has 0 saturated carbocycles. The van der Waals surface area contributed by atoms with Crippen LogP contribution >= 0.6 is 0 Å². The lowest BCUT2D eigenvalue weighted by atomic mass is 10.2. The smallest absolute Gasteiger partial charge is 0.119 e. The number of hydrogen-bond acceptors (Lipinski definition) is 3. The predicted octanol–water partition coefficient (Wildman–Crippen LogP) is 3.13. The zero-order chi connectivity index (χ0) is 14.0. The van der Waals surface area contributed by atoms with E-state index in [-0.39, 0.29) is 0 Å². The molecule has 0 aliphatic heterocycles. The highest BCUT2D eigenvalue weighted by molar-refractivity contribution is 5.27. The lowest BCUT2D eigenvalue weighted by Gasteiger charge is -2.07. The summed E-state index contributed by atoms with van der Waals surface area (Å²) in [4.78, 5) is 0. The molecule has 2 aromatic rings. The van der Waals surface area contributed by atoms with Gasteiger partial charge in [-0.15, -0.1) is 0 Å². The van der Waals surface area contributed by atoms with Crippen LogP contribution in [0.2, 0.25) is 0 Å². The summed E-state index contributed by atoms with van der Waals surface area (Å²) >= 11 is 0. The average Bonchev–Trinajstić information content (AvgIpc) is 2.52. The van der Waals surface area contributed by atoms with Gasteiger partial charge in [0.15, 0.2) is 0 Å². The maximum absolute atomic E-state index is 5.64. The molecule has 0 aliphatic carbocycles.